The van der Waals surface area contributed by atoms with E-state index in [1.807, 2.05) is 13.8 Å². The lowest BCUT2D eigenvalue weighted by atomic mass is 10.1. The van der Waals surface area contributed by atoms with Gasteiger partial charge in [0.25, 0.3) is 10.0 Å². The van der Waals surface area contributed by atoms with E-state index in [4.69, 9.17) is 11.6 Å². The van der Waals surface area contributed by atoms with Gasteiger partial charge in [-0.2, -0.15) is 0 Å². The Hall–Kier alpha value is -1.68. The summed E-state index contributed by atoms with van der Waals surface area (Å²) in [6.45, 7) is 3.65. The Kier molecular flexibility index (Phi) is 6.99. The molecule has 0 spiro atoms. The number of benzene rings is 1. The van der Waals surface area contributed by atoms with Gasteiger partial charge in [0, 0.05) is 10.4 Å². The van der Waals surface area contributed by atoms with E-state index in [2.05, 4.69) is 15.0 Å². The predicted octanol–water partition coefficient (Wildman–Crippen LogP) is 2.27. The largest absolute Gasteiger partial charge is 0.394 e. The highest BCUT2D eigenvalue weighted by Crippen LogP contribution is 2.21. The number of nitrogens with zero attached hydrogens (tertiary/aromatic N) is 1. The lowest BCUT2D eigenvalue weighted by Crippen LogP contribution is -2.41. The van der Waals surface area contributed by atoms with E-state index >= 15 is 0 Å². The monoisotopic (exact) mass is 417 g/mol. The molecule has 1 amide bonds. The Morgan fingerprint density at radius 1 is 1.31 bits per heavy atom. The van der Waals surface area contributed by atoms with Gasteiger partial charge in [0.05, 0.1) is 29.7 Å². The van der Waals surface area contributed by atoms with Crippen molar-refractivity contribution in [1.29, 1.82) is 0 Å². The van der Waals surface area contributed by atoms with Crippen molar-refractivity contribution in [1.82, 2.24) is 10.3 Å². The van der Waals surface area contributed by atoms with Crippen molar-refractivity contribution >= 4 is 44.0 Å². The highest BCUT2D eigenvalue weighted by atomic mass is 35.5. The molecule has 1 atom stereocenters. The number of carbonyl (C=O) groups excluding carboxylic acids is 1. The van der Waals surface area contributed by atoms with Gasteiger partial charge in [0.2, 0.25) is 5.91 Å². The third kappa shape index (κ3) is 5.66. The molecule has 0 aliphatic heterocycles. The minimum absolute atomic E-state index is 0.00237. The van der Waals surface area contributed by atoms with Gasteiger partial charge < -0.3 is 10.4 Å². The second-order valence-corrected chi connectivity index (χ2v) is 8.96. The zero-order valence-electron chi connectivity index (χ0n) is 14.3. The quantitative estimate of drug-likeness (QED) is 0.610. The van der Waals surface area contributed by atoms with E-state index in [0.29, 0.717) is 10.7 Å². The number of aromatic nitrogens is 1. The van der Waals surface area contributed by atoms with E-state index in [9.17, 15) is 18.3 Å². The van der Waals surface area contributed by atoms with Crippen LogP contribution in [0.25, 0.3) is 0 Å². The van der Waals surface area contributed by atoms with Crippen LogP contribution in [0.2, 0.25) is 5.02 Å². The molecular weight excluding hydrogens is 398 g/mol. The minimum Gasteiger partial charge on any atom is -0.394 e. The average molecular weight is 418 g/mol. The molecule has 142 valence electrons. The number of amides is 1. The number of rotatable bonds is 8. The van der Waals surface area contributed by atoms with Gasteiger partial charge >= 0.3 is 0 Å². The highest BCUT2D eigenvalue weighted by Gasteiger charge is 2.18. The van der Waals surface area contributed by atoms with Crippen molar-refractivity contribution < 1.29 is 18.3 Å². The van der Waals surface area contributed by atoms with Crippen LogP contribution in [0.15, 0.2) is 34.5 Å². The van der Waals surface area contributed by atoms with E-state index < -0.39 is 10.0 Å². The molecule has 0 aliphatic rings. The second kappa shape index (κ2) is 8.81. The van der Waals surface area contributed by atoms with E-state index in [1.54, 1.807) is 5.38 Å². The summed E-state index contributed by atoms with van der Waals surface area (Å²) in [5, 5.41) is 14.2. The summed E-state index contributed by atoms with van der Waals surface area (Å²) >= 11 is 6.85. The Morgan fingerprint density at radius 3 is 2.54 bits per heavy atom. The number of aliphatic hydroxyl groups is 1. The van der Waals surface area contributed by atoms with E-state index in [0.717, 1.165) is 11.3 Å². The topological polar surface area (TPSA) is 108 Å². The maximum Gasteiger partial charge on any atom is 0.263 e. The molecule has 7 nitrogen and oxygen atoms in total. The summed E-state index contributed by atoms with van der Waals surface area (Å²) in [5.41, 5.74) is 0.446. The first kappa shape index (κ1) is 20.6. The van der Waals surface area contributed by atoms with Crippen LogP contribution in [-0.2, 0) is 21.2 Å². The van der Waals surface area contributed by atoms with Crippen LogP contribution < -0.4 is 10.0 Å². The summed E-state index contributed by atoms with van der Waals surface area (Å²) < 4.78 is 27.0. The van der Waals surface area contributed by atoms with Gasteiger partial charge in [0.15, 0.2) is 5.13 Å². The summed E-state index contributed by atoms with van der Waals surface area (Å²) in [5.74, 6) is -0.184. The molecule has 1 aromatic carbocycles. The third-order valence-corrected chi connectivity index (χ3v) is 6.13. The fourth-order valence-corrected chi connectivity index (χ4v) is 4.16. The van der Waals surface area contributed by atoms with Crippen molar-refractivity contribution in [3.8, 4) is 0 Å². The van der Waals surface area contributed by atoms with Crippen LogP contribution in [0.4, 0.5) is 5.13 Å². The molecule has 2 rings (SSSR count). The van der Waals surface area contributed by atoms with Gasteiger partial charge in [-0.1, -0.05) is 25.4 Å². The molecule has 26 heavy (non-hydrogen) atoms. The second-order valence-electron chi connectivity index (χ2n) is 5.98. The molecule has 2 aromatic rings. The first-order valence-corrected chi connectivity index (χ1v) is 10.6. The van der Waals surface area contributed by atoms with Crippen molar-refractivity contribution in [2.24, 2.45) is 5.92 Å². The number of sulfonamides is 1. The zero-order valence-corrected chi connectivity index (χ0v) is 16.7. The van der Waals surface area contributed by atoms with Crippen LogP contribution >= 0.6 is 22.9 Å². The number of hydrogen-bond acceptors (Lipinski definition) is 6. The molecule has 0 aliphatic carbocycles. The normalized spacial score (nSPS) is 12.8. The summed E-state index contributed by atoms with van der Waals surface area (Å²) in [6, 6.07) is 5.44. The summed E-state index contributed by atoms with van der Waals surface area (Å²) in [6.07, 6.45) is 0.00237. The Labute approximate surface area is 161 Å². The van der Waals surface area contributed by atoms with Crippen molar-refractivity contribution in [3.05, 3.63) is 40.4 Å². The highest BCUT2D eigenvalue weighted by molar-refractivity contribution is 7.93. The van der Waals surface area contributed by atoms with Crippen LogP contribution in [0.5, 0.6) is 0 Å². The van der Waals surface area contributed by atoms with Crippen molar-refractivity contribution in [3.63, 3.8) is 0 Å². The molecule has 0 saturated heterocycles. The maximum atomic E-state index is 12.3. The number of nitrogens with one attached hydrogen (secondary N) is 2. The molecule has 10 heteroatoms. The molecule has 0 radical (unpaired) electrons. The number of hydrogen-bond donors (Lipinski definition) is 3. The lowest BCUT2D eigenvalue weighted by Gasteiger charge is -2.19. The maximum absolute atomic E-state index is 12.3. The van der Waals surface area contributed by atoms with Gasteiger partial charge in [0.1, 0.15) is 0 Å². The fraction of sp³-hybridized carbons (Fsp3) is 0.375. The first-order chi connectivity index (χ1) is 12.2. The Bertz CT molecular complexity index is 851. The third-order valence-electron chi connectivity index (χ3n) is 3.59. The number of carbonyl (C=O) groups is 1. The fourth-order valence-electron chi connectivity index (χ4n) is 2.07. The number of thiazole rings is 1. The molecule has 1 heterocycles. The zero-order chi connectivity index (χ0) is 19.3. The van der Waals surface area contributed by atoms with Crippen LogP contribution in [0, 0.1) is 5.92 Å². The number of anilines is 1. The number of aliphatic hydroxyl groups excluding tert-OH is 1. The molecule has 0 saturated carbocycles. The van der Waals surface area contributed by atoms with E-state index in [-0.39, 0.29) is 40.9 Å². The first-order valence-electron chi connectivity index (χ1n) is 7.84. The molecule has 0 unspecified atom stereocenters. The standard InChI is InChI=1S/C16H20ClN3O4S2/c1-10(2)14(8-21)19-15(22)7-12-9-25-16(18-12)20-26(23,24)13-5-3-11(17)4-6-13/h3-6,9-10,14,21H,7-8H2,1-2H3,(H,18,20)(H,19,22)/t14-/m1/s1. The Balaban J connectivity index is 2.01. The van der Waals surface area contributed by atoms with Gasteiger partial charge in [-0.3, -0.25) is 9.52 Å². The summed E-state index contributed by atoms with van der Waals surface area (Å²) in [7, 11) is -3.77. The van der Waals surface area contributed by atoms with Crippen LogP contribution in [-0.4, -0.2) is 37.1 Å². The molecule has 0 bridgehead atoms. The average Bonchev–Trinajstić information content (AvgIpc) is 2.98. The van der Waals surface area contributed by atoms with Crippen molar-refractivity contribution in [2.45, 2.75) is 31.2 Å². The van der Waals surface area contributed by atoms with Crippen molar-refractivity contribution in [2.75, 3.05) is 11.3 Å². The minimum atomic E-state index is -3.77. The van der Waals surface area contributed by atoms with Gasteiger partial charge in [-0.05, 0) is 30.2 Å². The SMILES string of the molecule is CC(C)[C@@H](CO)NC(=O)Cc1csc(NS(=O)(=O)c2ccc(Cl)cc2)n1. The van der Waals surface area contributed by atoms with Crippen LogP contribution in [0.3, 0.4) is 0 Å². The molecule has 0 fully saturated rings. The summed E-state index contributed by atoms with van der Waals surface area (Å²) in [4.78, 5) is 16.2. The predicted molar refractivity (Wildman–Crippen MR) is 102 cm³/mol. The molecule has 1 aromatic heterocycles. The molecular formula is C16H20ClN3O4S2. The smallest absolute Gasteiger partial charge is 0.263 e. The van der Waals surface area contributed by atoms with Crippen LogP contribution in [0.1, 0.15) is 19.5 Å². The lowest BCUT2D eigenvalue weighted by molar-refractivity contribution is -0.121. The van der Waals surface area contributed by atoms with Gasteiger partial charge in [-0.25, -0.2) is 13.4 Å². The Morgan fingerprint density at radius 2 is 1.96 bits per heavy atom. The van der Waals surface area contributed by atoms with Gasteiger partial charge in [-0.15, -0.1) is 11.3 Å². The number of halogens is 1. The molecule has 3 N–H and O–H groups in total. The van der Waals surface area contributed by atoms with E-state index in [1.165, 1.54) is 24.3 Å².